The molecule has 3 rings (SSSR count). The normalized spacial score (nSPS) is 15.3. The molecule has 0 radical (unpaired) electrons. The van der Waals surface area contributed by atoms with Gasteiger partial charge in [0, 0.05) is 12.6 Å². The number of phenols is 1. The summed E-state index contributed by atoms with van der Waals surface area (Å²) in [6.07, 6.45) is 0.579. The van der Waals surface area contributed by atoms with E-state index in [0.29, 0.717) is 21.3 Å². The van der Waals surface area contributed by atoms with Crippen LogP contribution in [0.3, 0.4) is 0 Å². The van der Waals surface area contributed by atoms with Gasteiger partial charge < -0.3 is 15.2 Å². The van der Waals surface area contributed by atoms with E-state index in [1.807, 2.05) is 0 Å². The van der Waals surface area contributed by atoms with Crippen molar-refractivity contribution < 1.29 is 24.2 Å². The van der Waals surface area contributed by atoms with Crippen molar-refractivity contribution in [2.45, 2.75) is 0 Å². The van der Waals surface area contributed by atoms with Crippen LogP contribution in [0.15, 0.2) is 52.7 Å². The van der Waals surface area contributed by atoms with Gasteiger partial charge in [-0.15, -0.1) is 0 Å². The molecule has 2 aromatic rings. The number of halogens is 1. The highest BCUT2D eigenvalue weighted by Crippen LogP contribution is 2.29. The molecular formula is C18H13BrN2O5. The molecule has 0 spiro atoms. The zero-order valence-electron chi connectivity index (χ0n) is 13.5. The van der Waals surface area contributed by atoms with Crippen LogP contribution < -0.4 is 10.2 Å². The van der Waals surface area contributed by atoms with Gasteiger partial charge >= 0.3 is 12.0 Å². The van der Waals surface area contributed by atoms with Gasteiger partial charge in [0.1, 0.15) is 5.75 Å². The van der Waals surface area contributed by atoms with E-state index in [0.717, 1.165) is 4.90 Å². The number of ether oxygens (including phenoxy) is 1. The average molecular weight is 417 g/mol. The third-order valence-corrected chi connectivity index (χ3v) is 4.31. The molecule has 1 fully saturated rings. The molecule has 2 aromatic carbocycles. The minimum Gasteiger partial charge on any atom is -0.507 e. The number of carbonyl (C=O) groups is 3. The first-order chi connectivity index (χ1) is 12.4. The van der Waals surface area contributed by atoms with Gasteiger partial charge in [0.25, 0.3) is 5.91 Å². The summed E-state index contributed by atoms with van der Waals surface area (Å²) in [7, 11) is 1.51. The molecule has 0 saturated carbocycles. The molecule has 26 heavy (non-hydrogen) atoms. The number of aromatic hydroxyl groups is 1. The molecule has 0 aliphatic carbocycles. The number of imide groups is 1. The predicted molar refractivity (Wildman–Crippen MR) is 97.6 cm³/mol. The molecule has 132 valence electrons. The fourth-order valence-electron chi connectivity index (χ4n) is 2.36. The summed E-state index contributed by atoms with van der Waals surface area (Å²) in [5.41, 5.74) is 1.27. The van der Waals surface area contributed by atoms with Crippen molar-refractivity contribution in [2.24, 2.45) is 0 Å². The standard InChI is InChI=1S/C18H13BrN2O5/c1-20-16(23)11-3-5-12(6-4-11)21-17(24)15(26-18(21)25)9-10-2-7-14(22)13(19)8-10/h2-9,22H,1H3,(H,20,23)/b15-9-. The lowest BCUT2D eigenvalue weighted by atomic mass is 10.1. The Hall–Kier alpha value is -3.13. The van der Waals surface area contributed by atoms with Crippen LogP contribution in [-0.4, -0.2) is 30.1 Å². The van der Waals surface area contributed by atoms with E-state index in [9.17, 15) is 19.5 Å². The number of nitrogens with one attached hydrogen (secondary N) is 1. The predicted octanol–water partition coefficient (Wildman–Crippen LogP) is 3.04. The van der Waals surface area contributed by atoms with Crippen LogP contribution in [0, 0.1) is 0 Å². The molecule has 3 amide bonds. The summed E-state index contributed by atoms with van der Waals surface area (Å²) >= 11 is 3.18. The molecule has 1 aliphatic heterocycles. The number of anilines is 1. The van der Waals surface area contributed by atoms with E-state index in [-0.39, 0.29) is 17.4 Å². The van der Waals surface area contributed by atoms with Gasteiger partial charge in [-0.3, -0.25) is 9.59 Å². The van der Waals surface area contributed by atoms with Gasteiger partial charge in [0.05, 0.1) is 10.2 Å². The summed E-state index contributed by atoms with van der Waals surface area (Å²) in [6.45, 7) is 0. The van der Waals surface area contributed by atoms with Crippen LogP contribution >= 0.6 is 15.9 Å². The minimum atomic E-state index is -0.827. The maximum absolute atomic E-state index is 12.5. The minimum absolute atomic E-state index is 0.0553. The SMILES string of the molecule is CNC(=O)c1ccc(N2C(=O)O/C(=C\c3ccc(O)c(Br)c3)C2=O)cc1. The summed E-state index contributed by atoms with van der Waals surface area (Å²) in [4.78, 5) is 37.1. The number of benzene rings is 2. The van der Waals surface area contributed by atoms with E-state index in [1.165, 1.54) is 43.5 Å². The summed E-state index contributed by atoms with van der Waals surface area (Å²) in [5.74, 6) is -0.972. The number of hydrogen-bond acceptors (Lipinski definition) is 5. The smallest absolute Gasteiger partial charge is 0.427 e. The molecule has 0 unspecified atom stereocenters. The van der Waals surface area contributed by atoms with E-state index in [1.54, 1.807) is 12.1 Å². The molecule has 1 saturated heterocycles. The Kier molecular flexibility index (Phi) is 4.77. The van der Waals surface area contributed by atoms with Crippen LogP contribution in [0.2, 0.25) is 0 Å². The topological polar surface area (TPSA) is 95.9 Å². The Bertz CT molecular complexity index is 937. The largest absolute Gasteiger partial charge is 0.507 e. The first-order valence-electron chi connectivity index (χ1n) is 7.49. The summed E-state index contributed by atoms with van der Waals surface area (Å²) in [5, 5.41) is 12.0. The van der Waals surface area contributed by atoms with Gasteiger partial charge in [-0.05, 0) is 64.0 Å². The maximum Gasteiger partial charge on any atom is 0.427 e. The molecule has 1 aliphatic rings. The Morgan fingerprint density at radius 2 is 1.88 bits per heavy atom. The fraction of sp³-hybridized carbons (Fsp3) is 0.0556. The van der Waals surface area contributed by atoms with E-state index in [2.05, 4.69) is 21.2 Å². The molecular weight excluding hydrogens is 404 g/mol. The summed E-state index contributed by atoms with van der Waals surface area (Å²) in [6, 6.07) is 10.6. The lowest BCUT2D eigenvalue weighted by Crippen LogP contribution is -2.28. The number of amides is 3. The lowest BCUT2D eigenvalue weighted by molar-refractivity contribution is -0.114. The quantitative estimate of drug-likeness (QED) is 0.749. The Morgan fingerprint density at radius 1 is 1.19 bits per heavy atom. The van der Waals surface area contributed by atoms with Crippen LogP contribution in [0.5, 0.6) is 5.75 Å². The number of hydrogen-bond donors (Lipinski definition) is 2. The zero-order chi connectivity index (χ0) is 18.8. The van der Waals surface area contributed by atoms with Gasteiger partial charge in [0.2, 0.25) is 0 Å². The molecule has 2 N–H and O–H groups in total. The highest BCUT2D eigenvalue weighted by molar-refractivity contribution is 9.10. The van der Waals surface area contributed by atoms with Gasteiger partial charge in [-0.25, -0.2) is 9.69 Å². The number of nitrogens with zero attached hydrogens (tertiary/aromatic N) is 1. The molecule has 7 nitrogen and oxygen atoms in total. The van der Waals surface area contributed by atoms with E-state index in [4.69, 9.17) is 4.74 Å². The van der Waals surface area contributed by atoms with Crippen molar-refractivity contribution in [3.05, 3.63) is 63.8 Å². The average Bonchev–Trinajstić information content (AvgIpc) is 2.91. The third-order valence-electron chi connectivity index (χ3n) is 3.68. The van der Waals surface area contributed by atoms with Crippen LogP contribution in [0.1, 0.15) is 15.9 Å². The molecule has 0 bridgehead atoms. The van der Waals surface area contributed by atoms with Crippen molar-refractivity contribution in [3.63, 3.8) is 0 Å². The molecule has 1 heterocycles. The number of phenolic OH excluding ortho intramolecular Hbond substituents is 1. The second kappa shape index (κ2) is 7.01. The third kappa shape index (κ3) is 3.31. The molecule has 0 atom stereocenters. The monoisotopic (exact) mass is 416 g/mol. The first kappa shape index (κ1) is 17.7. The van der Waals surface area contributed by atoms with Gasteiger partial charge in [-0.2, -0.15) is 0 Å². The van der Waals surface area contributed by atoms with Crippen molar-refractivity contribution >= 4 is 45.6 Å². The summed E-state index contributed by atoms with van der Waals surface area (Å²) < 4.78 is 5.50. The van der Waals surface area contributed by atoms with Crippen LogP contribution in [0.4, 0.5) is 10.5 Å². The first-order valence-corrected chi connectivity index (χ1v) is 8.28. The van der Waals surface area contributed by atoms with Crippen molar-refractivity contribution in [1.29, 1.82) is 0 Å². The van der Waals surface area contributed by atoms with Gasteiger partial charge in [-0.1, -0.05) is 6.07 Å². The van der Waals surface area contributed by atoms with Crippen LogP contribution in [-0.2, 0) is 9.53 Å². The van der Waals surface area contributed by atoms with E-state index >= 15 is 0 Å². The maximum atomic E-state index is 12.5. The second-order valence-corrected chi connectivity index (χ2v) is 6.21. The van der Waals surface area contributed by atoms with Gasteiger partial charge in [0.15, 0.2) is 5.76 Å². The number of carbonyl (C=O) groups excluding carboxylic acids is 3. The lowest BCUT2D eigenvalue weighted by Gasteiger charge is -2.10. The number of rotatable bonds is 3. The van der Waals surface area contributed by atoms with Crippen molar-refractivity contribution in [1.82, 2.24) is 5.32 Å². The molecule has 0 aromatic heterocycles. The van der Waals surface area contributed by atoms with Crippen molar-refractivity contribution in [2.75, 3.05) is 11.9 Å². The Labute approximate surface area is 157 Å². The molecule has 8 heteroatoms. The Balaban J connectivity index is 1.88. The Morgan fingerprint density at radius 3 is 2.50 bits per heavy atom. The fourth-order valence-corrected chi connectivity index (χ4v) is 2.76. The second-order valence-electron chi connectivity index (χ2n) is 5.35. The highest BCUT2D eigenvalue weighted by Gasteiger charge is 2.37. The van der Waals surface area contributed by atoms with Crippen molar-refractivity contribution in [3.8, 4) is 5.75 Å². The zero-order valence-corrected chi connectivity index (χ0v) is 15.1. The highest BCUT2D eigenvalue weighted by atomic mass is 79.9. The van der Waals surface area contributed by atoms with E-state index < -0.39 is 12.0 Å². The number of cyclic esters (lactones) is 1. The van der Waals surface area contributed by atoms with Crippen LogP contribution in [0.25, 0.3) is 6.08 Å².